The molecule has 0 fully saturated rings. The zero-order valence-corrected chi connectivity index (χ0v) is 23.0. The van der Waals surface area contributed by atoms with E-state index in [1.807, 2.05) is 0 Å². The Hall–Kier alpha value is -1.29. The molecular weight excluding hydrogens is 400 g/mol. The van der Waals surface area contributed by atoms with E-state index in [0.29, 0.717) is 0 Å². The molecule has 2 aromatic rings. The van der Waals surface area contributed by atoms with Gasteiger partial charge in [-0.15, -0.1) is 0 Å². The summed E-state index contributed by atoms with van der Waals surface area (Å²) in [4.78, 5) is 0. The molecule has 0 radical (unpaired) electrons. The van der Waals surface area contributed by atoms with E-state index in [4.69, 9.17) is 0 Å². The first-order valence-corrected chi connectivity index (χ1v) is 14.7. The molecule has 0 saturated carbocycles. The van der Waals surface area contributed by atoms with Crippen LogP contribution in [0, 0.1) is 0 Å². The lowest BCUT2D eigenvalue weighted by Crippen LogP contribution is -2.93. The third-order valence-corrected chi connectivity index (χ3v) is 15.9. The van der Waals surface area contributed by atoms with E-state index in [9.17, 15) is 0 Å². The molecule has 6 heteroatoms. The van der Waals surface area contributed by atoms with Crippen LogP contribution in [0.5, 0.6) is 0 Å². The summed E-state index contributed by atoms with van der Waals surface area (Å²) in [6.07, 6.45) is 0. The van der Waals surface area contributed by atoms with Crippen LogP contribution in [0.15, 0.2) is 60.7 Å². The molecule has 0 aliphatic rings. The fraction of sp³-hybridized carbons (Fsp3) is 0.500. The molecule has 0 amide bonds. The predicted octanol–water partition coefficient (Wildman–Crippen LogP) is 1.99. The lowest BCUT2D eigenvalue weighted by Gasteiger charge is -2.60. The van der Waals surface area contributed by atoms with Crippen LogP contribution in [-0.2, 0) is 0 Å². The summed E-state index contributed by atoms with van der Waals surface area (Å²) < 4.78 is 7.64. The topological polar surface area (TPSA) is 6.48 Å². The normalized spacial score (nSPS) is 13.7. The van der Waals surface area contributed by atoms with Crippen LogP contribution < -0.4 is 10.4 Å². The van der Waals surface area contributed by atoms with Crippen LogP contribution in [0.25, 0.3) is 0 Å². The summed E-state index contributed by atoms with van der Waals surface area (Å²) in [7, 11) is 7.04. The van der Waals surface area contributed by atoms with Gasteiger partial charge in [0.2, 0.25) is 0 Å². The predicted molar refractivity (Wildman–Crippen MR) is 137 cm³/mol. The standard InChI is InChI=1S/C24H44N4Si2/c1-9-25(10-2)30(26(11-3)12-4,24-21-17-14-18-22-24)28(7,8)27(5,6)29-23-19-15-13-16-20-23/h13-22H,9-12,29H2,1-8H3/q+2. The average molecular weight is 445 g/mol. The molecular formula is C24H44N4Si2+2. The van der Waals surface area contributed by atoms with E-state index < -0.39 is 18.2 Å². The lowest BCUT2D eigenvalue weighted by atomic mass is 10.4. The largest absolute Gasteiger partial charge is 0.536 e. The molecule has 0 aromatic heterocycles. The molecule has 0 spiro atoms. The molecule has 0 saturated heterocycles. The highest BCUT2D eigenvalue weighted by atomic mass is 28.4. The third-order valence-electron chi connectivity index (χ3n) is 7.10. The molecule has 0 bridgehead atoms. The van der Waals surface area contributed by atoms with Crippen molar-refractivity contribution in [2.24, 2.45) is 0 Å². The Morgan fingerprint density at radius 1 is 0.667 bits per heavy atom. The van der Waals surface area contributed by atoms with Gasteiger partial charge in [0, 0.05) is 5.19 Å². The summed E-state index contributed by atoms with van der Waals surface area (Å²) in [5.74, 6) is 0. The second kappa shape index (κ2) is 10.3. The minimum Gasteiger partial charge on any atom is -0.257 e. The first-order chi connectivity index (χ1) is 14.2. The van der Waals surface area contributed by atoms with Gasteiger partial charge in [-0.05, 0) is 31.4 Å². The minimum atomic E-state index is -2.34. The Bertz CT molecular complexity index is 745. The fourth-order valence-electron chi connectivity index (χ4n) is 5.15. The van der Waals surface area contributed by atoms with E-state index in [2.05, 4.69) is 126 Å². The van der Waals surface area contributed by atoms with Crippen LogP contribution in [-0.4, -0.2) is 90.3 Å². The Kier molecular flexibility index (Phi) is 8.62. The second-order valence-corrected chi connectivity index (χ2v) is 15.9. The zero-order valence-electron chi connectivity index (χ0n) is 20.6. The van der Waals surface area contributed by atoms with Gasteiger partial charge in [-0.2, -0.15) is 0 Å². The first kappa shape index (κ1) is 25.0. The van der Waals surface area contributed by atoms with Crippen molar-refractivity contribution in [2.75, 3.05) is 54.4 Å². The monoisotopic (exact) mass is 444 g/mol. The SMILES string of the molecule is CCN(CC)[Si](c1ccccc1)(N(CC)CC)[N+](C)(C)[N+](C)(C)[SiH2]c1ccccc1. The Morgan fingerprint density at radius 3 is 1.47 bits per heavy atom. The summed E-state index contributed by atoms with van der Waals surface area (Å²) >= 11 is 0. The van der Waals surface area contributed by atoms with Gasteiger partial charge in [0.1, 0.15) is 0 Å². The quantitative estimate of drug-likeness (QED) is 0.386. The molecule has 0 N–H and O–H groups in total. The lowest BCUT2D eigenvalue weighted by molar-refractivity contribution is -1.38. The van der Waals surface area contributed by atoms with Crippen LogP contribution >= 0.6 is 0 Å². The smallest absolute Gasteiger partial charge is 0.257 e. The van der Waals surface area contributed by atoms with Crippen LogP contribution in [0.1, 0.15) is 27.7 Å². The van der Waals surface area contributed by atoms with Crippen molar-refractivity contribution >= 4 is 28.6 Å². The van der Waals surface area contributed by atoms with Crippen molar-refractivity contribution in [1.82, 2.24) is 9.13 Å². The minimum absolute atomic E-state index is 0.576. The van der Waals surface area contributed by atoms with Gasteiger partial charge in [0.25, 0.3) is 0 Å². The van der Waals surface area contributed by atoms with Gasteiger partial charge in [0.05, 0.1) is 28.2 Å². The number of rotatable bonds is 11. The van der Waals surface area contributed by atoms with E-state index >= 15 is 0 Å². The molecule has 0 aliphatic carbocycles. The Morgan fingerprint density at radius 2 is 1.07 bits per heavy atom. The van der Waals surface area contributed by atoms with Gasteiger partial charge in [-0.3, -0.25) is 9.13 Å². The summed E-state index contributed by atoms with van der Waals surface area (Å²) in [5, 5.41) is 3.06. The Balaban J connectivity index is 2.78. The van der Waals surface area contributed by atoms with Crippen molar-refractivity contribution in [3.05, 3.63) is 60.7 Å². The molecule has 166 valence electrons. The average Bonchev–Trinajstić information content (AvgIpc) is 2.74. The molecule has 0 heterocycles. The zero-order chi connectivity index (χ0) is 22.4. The maximum absolute atomic E-state index is 2.81. The fourth-order valence-corrected chi connectivity index (χ4v) is 14.0. The van der Waals surface area contributed by atoms with Crippen LogP contribution in [0.3, 0.4) is 0 Å². The van der Waals surface area contributed by atoms with Crippen LogP contribution in [0.2, 0.25) is 0 Å². The molecule has 2 aromatic carbocycles. The molecule has 0 atom stereocenters. The second-order valence-electron chi connectivity index (χ2n) is 9.01. The number of hydrogen-bond acceptors (Lipinski definition) is 2. The summed E-state index contributed by atoms with van der Waals surface area (Å²) in [6.45, 7) is 13.6. The van der Waals surface area contributed by atoms with Crippen molar-refractivity contribution < 1.29 is 8.52 Å². The highest BCUT2D eigenvalue weighted by molar-refractivity contribution is 6.81. The summed E-state index contributed by atoms with van der Waals surface area (Å²) in [5.41, 5.74) is 0. The van der Waals surface area contributed by atoms with Gasteiger partial charge in [0.15, 0.2) is 0 Å². The van der Waals surface area contributed by atoms with Crippen molar-refractivity contribution in [3.8, 4) is 0 Å². The summed E-state index contributed by atoms with van der Waals surface area (Å²) in [6, 6.07) is 22.6. The van der Waals surface area contributed by atoms with Gasteiger partial charge in [-0.25, -0.2) is 8.52 Å². The van der Waals surface area contributed by atoms with E-state index in [0.717, 1.165) is 34.7 Å². The van der Waals surface area contributed by atoms with Gasteiger partial charge in [-0.1, -0.05) is 88.4 Å². The highest BCUT2D eigenvalue weighted by Crippen LogP contribution is 2.30. The number of quaternary nitrogens is 2. The molecule has 2 rings (SSSR count). The maximum Gasteiger partial charge on any atom is 0.536 e. The van der Waals surface area contributed by atoms with Crippen molar-refractivity contribution in [1.29, 1.82) is 0 Å². The molecule has 4 nitrogen and oxygen atoms in total. The third kappa shape index (κ3) is 4.35. The van der Waals surface area contributed by atoms with Gasteiger partial charge < -0.3 is 0 Å². The number of nitrogens with zero attached hydrogens (tertiary/aromatic N) is 4. The first-order valence-electron chi connectivity index (χ1n) is 11.5. The van der Waals surface area contributed by atoms with Crippen molar-refractivity contribution in [2.45, 2.75) is 27.7 Å². The van der Waals surface area contributed by atoms with E-state index in [1.54, 1.807) is 0 Å². The molecule has 30 heavy (non-hydrogen) atoms. The Labute approximate surface area is 189 Å². The van der Waals surface area contributed by atoms with E-state index in [1.165, 1.54) is 10.4 Å². The van der Waals surface area contributed by atoms with E-state index in [-0.39, 0.29) is 0 Å². The number of hydrogen-bond donors (Lipinski definition) is 0. The molecule has 0 unspecified atom stereocenters. The highest BCUT2D eigenvalue weighted by Gasteiger charge is 2.68. The van der Waals surface area contributed by atoms with Crippen molar-refractivity contribution in [3.63, 3.8) is 0 Å². The molecule has 0 aliphatic heterocycles. The van der Waals surface area contributed by atoms with Gasteiger partial charge >= 0.3 is 18.2 Å². The van der Waals surface area contributed by atoms with Crippen LogP contribution in [0.4, 0.5) is 0 Å². The number of benzene rings is 2. The maximum atomic E-state index is 2.81.